The van der Waals surface area contributed by atoms with Gasteiger partial charge in [-0.1, -0.05) is 60.7 Å². The quantitative estimate of drug-likeness (QED) is 0.226. The maximum absolute atomic E-state index is 13.2. The van der Waals surface area contributed by atoms with Crippen LogP contribution in [-0.2, 0) is 23.5 Å². The van der Waals surface area contributed by atoms with E-state index in [1.807, 2.05) is 72.3 Å². The zero-order valence-corrected chi connectivity index (χ0v) is 20.5. The van der Waals surface area contributed by atoms with Crippen LogP contribution in [0.3, 0.4) is 0 Å². The second kappa shape index (κ2) is 9.40. The monoisotopic (exact) mass is 505 g/mol. The summed E-state index contributed by atoms with van der Waals surface area (Å²) in [6.45, 7) is 0. The van der Waals surface area contributed by atoms with Gasteiger partial charge in [0.1, 0.15) is 17.2 Å². The molecule has 0 aliphatic carbocycles. The summed E-state index contributed by atoms with van der Waals surface area (Å²) in [5.41, 5.74) is 9.07. The number of amidine groups is 1. The second-order valence-corrected chi connectivity index (χ2v) is 9.84. The molecule has 0 spiro atoms. The molecule has 5 rings (SSSR count). The van der Waals surface area contributed by atoms with Gasteiger partial charge in [-0.3, -0.25) is 10.1 Å². The molecular formula is C26H24ClN5O2S. The third kappa shape index (κ3) is 4.71. The lowest BCUT2D eigenvalue weighted by Gasteiger charge is -2.10. The van der Waals surface area contributed by atoms with Gasteiger partial charge in [0.2, 0.25) is 0 Å². The molecule has 0 saturated carbocycles. The molecule has 178 valence electrons. The number of imidazole rings is 1. The predicted molar refractivity (Wildman–Crippen MR) is 143 cm³/mol. The van der Waals surface area contributed by atoms with Gasteiger partial charge in [0.25, 0.3) is 10.0 Å². The Morgan fingerprint density at radius 1 is 0.971 bits per heavy atom. The van der Waals surface area contributed by atoms with Crippen LogP contribution in [-0.4, -0.2) is 23.8 Å². The van der Waals surface area contributed by atoms with Gasteiger partial charge in [0.05, 0.1) is 16.1 Å². The number of anilines is 1. The van der Waals surface area contributed by atoms with Crippen LogP contribution in [0.25, 0.3) is 21.8 Å². The lowest BCUT2D eigenvalue weighted by Crippen LogP contribution is -2.13. The van der Waals surface area contributed by atoms with Crippen LogP contribution in [0.1, 0.15) is 17.0 Å². The van der Waals surface area contributed by atoms with Gasteiger partial charge in [0.15, 0.2) is 0 Å². The number of nitrogens with zero attached hydrogens (tertiary/aromatic N) is 2. The minimum Gasteiger partial charge on any atom is -0.384 e. The SMILES string of the molecule is Cl.Cn1c(Cc2ccc(C(=N)N)cc2)nc2c(NS(=O)(=O)c3ccc4ccccc4c3)cccc21. The van der Waals surface area contributed by atoms with Crippen molar-refractivity contribution in [2.45, 2.75) is 11.3 Å². The predicted octanol–water partition coefficient (Wildman–Crippen LogP) is 4.82. The number of aromatic nitrogens is 2. The van der Waals surface area contributed by atoms with Crippen molar-refractivity contribution >= 4 is 55.8 Å². The Balaban J connectivity index is 0.00000289. The van der Waals surface area contributed by atoms with Gasteiger partial charge in [-0.15, -0.1) is 12.4 Å². The first kappa shape index (κ1) is 24.3. The average molecular weight is 506 g/mol. The average Bonchev–Trinajstić information content (AvgIpc) is 3.15. The van der Waals surface area contributed by atoms with Crippen molar-refractivity contribution in [1.29, 1.82) is 5.41 Å². The number of fused-ring (bicyclic) bond motifs is 2. The smallest absolute Gasteiger partial charge is 0.261 e. The molecule has 4 N–H and O–H groups in total. The highest BCUT2D eigenvalue weighted by atomic mass is 35.5. The molecule has 1 heterocycles. The molecule has 0 radical (unpaired) electrons. The molecule has 0 bridgehead atoms. The molecule has 0 fully saturated rings. The summed E-state index contributed by atoms with van der Waals surface area (Å²) in [5, 5.41) is 9.38. The third-order valence-corrected chi connectivity index (χ3v) is 7.27. The Labute approximate surface area is 209 Å². The number of benzene rings is 4. The number of nitrogens with two attached hydrogens (primary N) is 1. The van der Waals surface area contributed by atoms with E-state index in [4.69, 9.17) is 16.1 Å². The van der Waals surface area contributed by atoms with E-state index in [-0.39, 0.29) is 23.1 Å². The van der Waals surface area contributed by atoms with Crippen LogP contribution in [0.5, 0.6) is 0 Å². The number of aryl methyl sites for hydroxylation is 1. The summed E-state index contributed by atoms with van der Waals surface area (Å²) in [7, 11) is -1.89. The fraction of sp³-hybridized carbons (Fsp3) is 0.0769. The van der Waals surface area contributed by atoms with E-state index >= 15 is 0 Å². The number of sulfonamides is 1. The lowest BCUT2D eigenvalue weighted by molar-refractivity contribution is 0.601. The Morgan fingerprint density at radius 3 is 2.40 bits per heavy atom. The number of nitrogens with one attached hydrogen (secondary N) is 2. The number of hydrogen-bond acceptors (Lipinski definition) is 4. The van der Waals surface area contributed by atoms with Crippen LogP contribution < -0.4 is 10.5 Å². The molecule has 0 unspecified atom stereocenters. The van der Waals surface area contributed by atoms with E-state index in [1.165, 1.54) is 0 Å². The second-order valence-electron chi connectivity index (χ2n) is 8.16. The zero-order valence-electron chi connectivity index (χ0n) is 18.9. The van der Waals surface area contributed by atoms with E-state index in [2.05, 4.69) is 4.72 Å². The first-order valence-electron chi connectivity index (χ1n) is 10.7. The Bertz CT molecular complexity index is 1660. The first-order chi connectivity index (χ1) is 16.3. The van der Waals surface area contributed by atoms with Gasteiger partial charge >= 0.3 is 0 Å². The molecule has 7 nitrogen and oxygen atoms in total. The van der Waals surface area contributed by atoms with Crippen molar-refractivity contribution in [3.8, 4) is 0 Å². The number of nitrogen functional groups attached to an aromatic ring is 1. The van der Waals surface area contributed by atoms with Crippen molar-refractivity contribution in [2.24, 2.45) is 12.8 Å². The zero-order chi connectivity index (χ0) is 23.9. The molecule has 0 saturated heterocycles. The van der Waals surface area contributed by atoms with E-state index in [9.17, 15) is 8.42 Å². The number of hydrogen-bond donors (Lipinski definition) is 3. The summed E-state index contributed by atoms with van der Waals surface area (Å²) in [6.07, 6.45) is 0.556. The molecular weight excluding hydrogens is 482 g/mol. The Kier molecular flexibility index (Phi) is 6.51. The summed E-state index contributed by atoms with van der Waals surface area (Å²) in [4.78, 5) is 4.96. The summed E-state index contributed by atoms with van der Waals surface area (Å²) in [5.74, 6) is 0.820. The summed E-state index contributed by atoms with van der Waals surface area (Å²) in [6, 6.07) is 25.6. The maximum Gasteiger partial charge on any atom is 0.261 e. The number of para-hydroxylation sites is 1. The molecule has 9 heteroatoms. The molecule has 35 heavy (non-hydrogen) atoms. The van der Waals surface area contributed by atoms with E-state index < -0.39 is 10.0 Å². The number of rotatable bonds is 6. The highest BCUT2D eigenvalue weighted by Crippen LogP contribution is 2.28. The minimum atomic E-state index is -3.80. The van der Waals surface area contributed by atoms with Gasteiger partial charge < -0.3 is 10.3 Å². The Morgan fingerprint density at radius 2 is 1.69 bits per heavy atom. The van der Waals surface area contributed by atoms with Crippen molar-refractivity contribution in [1.82, 2.24) is 9.55 Å². The lowest BCUT2D eigenvalue weighted by atomic mass is 10.1. The van der Waals surface area contributed by atoms with Gasteiger partial charge in [-0.2, -0.15) is 0 Å². The molecule has 0 atom stereocenters. The first-order valence-corrected chi connectivity index (χ1v) is 12.2. The summed E-state index contributed by atoms with van der Waals surface area (Å²) < 4.78 is 31.1. The summed E-state index contributed by atoms with van der Waals surface area (Å²) >= 11 is 0. The van der Waals surface area contributed by atoms with Crippen molar-refractivity contribution in [2.75, 3.05) is 4.72 Å². The van der Waals surface area contributed by atoms with Crippen molar-refractivity contribution in [3.63, 3.8) is 0 Å². The van der Waals surface area contributed by atoms with Crippen molar-refractivity contribution in [3.05, 3.63) is 102 Å². The fourth-order valence-corrected chi connectivity index (χ4v) is 5.13. The van der Waals surface area contributed by atoms with Crippen LogP contribution >= 0.6 is 12.4 Å². The van der Waals surface area contributed by atoms with E-state index in [0.717, 1.165) is 27.7 Å². The van der Waals surface area contributed by atoms with Crippen LogP contribution in [0.2, 0.25) is 0 Å². The highest BCUT2D eigenvalue weighted by Gasteiger charge is 2.19. The van der Waals surface area contributed by atoms with Crippen LogP contribution in [0.15, 0.2) is 89.8 Å². The van der Waals surface area contributed by atoms with E-state index in [0.29, 0.717) is 23.2 Å². The van der Waals surface area contributed by atoms with Crippen LogP contribution in [0.4, 0.5) is 5.69 Å². The van der Waals surface area contributed by atoms with Crippen LogP contribution in [0, 0.1) is 5.41 Å². The normalized spacial score (nSPS) is 11.3. The molecule has 0 amide bonds. The minimum absolute atomic E-state index is 0. The van der Waals surface area contributed by atoms with Gasteiger partial charge in [-0.05, 0) is 40.6 Å². The van der Waals surface area contributed by atoms with Crippen molar-refractivity contribution < 1.29 is 8.42 Å². The maximum atomic E-state index is 13.2. The third-order valence-electron chi connectivity index (χ3n) is 5.91. The molecule has 0 aliphatic rings. The standard InChI is InChI=1S/C26H23N5O2S.ClH/c1-31-23-8-4-7-22(25(23)29-24(31)15-17-9-11-19(12-10-17)26(27)28)30-34(32,33)21-14-13-18-5-2-3-6-20(18)16-21;/h2-14,16,30H,15H2,1H3,(H3,27,28);1H. The Hall–Kier alpha value is -3.88. The largest absolute Gasteiger partial charge is 0.384 e. The van der Waals surface area contributed by atoms with Gasteiger partial charge in [0, 0.05) is 19.0 Å². The number of halogens is 1. The molecule has 4 aromatic carbocycles. The topological polar surface area (TPSA) is 114 Å². The molecule has 0 aliphatic heterocycles. The molecule has 5 aromatic rings. The van der Waals surface area contributed by atoms with Gasteiger partial charge in [-0.25, -0.2) is 13.4 Å². The highest BCUT2D eigenvalue weighted by molar-refractivity contribution is 7.92. The fourth-order valence-electron chi connectivity index (χ4n) is 4.03. The van der Waals surface area contributed by atoms with E-state index in [1.54, 1.807) is 24.3 Å². The molecule has 1 aromatic heterocycles.